The van der Waals surface area contributed by atoms with Crippen molar-refractivity contribution in [2.75, 3.05) is 6.54 Å². The smallest absolute Gasteiger partial charge is 0.251 e. The molecule has 1 N–H and O–H groups in total. The maximum Gasteiger partial charge on any atom is 0.251 e. The zero-order valence-corrected chi connectivity index (χ0v) is 12.1. The molecule has 2 rings (SSSR count). The molecule has 3 heteroatoms. The van der Waals surface area contributed by atoms with Gasteiger partial charge in [0, 0.05) is 18.0 Å². The van der Waals surface area contributed by atoms with Gasteiger partial charge in [0.15, 0.2) is 0 Å². The molecule has 2 aromatic rings. The van der Waals surface area contributed by atoms with Crippen LogP contribution in [-0.4, -0.2) is 12.5 Å². The number of hydrogen-bond acceptors (Lipinski definition) is 1. The lowest BCUT2D eigenvalue weighted by Crippen LogP contribution is -2.24. The lowest BCUT2D eigenvalue weighted by molar-refractivity contribution is 0.0953. The number of carbonyl (C=O) groups is 1. The van der Waals surface area contributed by atoms with E-state index in [0.29, 0.717) is 18.0 Å². The van der Waals surface area contributed by atoms with E-state index in [1.807, 2.05) is 42.5 Å². The fraction of sp³-hybridized carbons (Fsp3) is 0.235. The molecule has 0 aliphatic rings. The minimum absolute atomic E-state index is 0.0285. The third-order valence-electron chi connectivity index (χ3n) is 3.14. The fourth-order valence-corrected chi connectivity index (χ4v) is 2.16. The average Bonchev–Trinajstić information content (AvgIpc) is 2.52. The van der Waals surface area contributed by atoms with Gasteiger partial charge in [-0.15, -0.1) is 11.6 Å². The highest BCUT2D eigenvalue weighted by molar-refractivity contribution is 6.17. The third kappa shape index (κ3) is 4.39. The van der Waals surface area contributed by atoms with Gasteiger partial charge in [-0.3, -0.25) is 4.79 Å². The summed E-state index contributed by atoms with van der Waals surface area (Å²) in [5.74, 6) is 0.443. The van der Waals surface area contributed by atoms with Gasteiger partial charge in [0.05, 0.1) is 0 Å². The maximum atomic E-state index is 11.9. The van der Waals surface area contributed by atoms with Crippen molar-refractivity contribution in [3.05, 3.63) is 71.3 Å². The Kier molecular flexibility index (Phi) is 5.63. The zero-order valence-electron chi connectivity index (χ0n) is 11.3. The van der Waals surface area contributed by atoms with Crippen molar-refractivity contribution < 1.29 is 4.79 Å². The molecule has 1 amide bonds. The Morgan fingerprint density at radius 3 is 2.30 bits per heavy atom. The molecule has 2 nitrogen and oxygen atoms in total. The van der Waals surface area contributed by atoms with Crippen LogP contribution < -0.4 is 5.32 Å². The third-order valence-corrected chi connectivity index (χ3v) is 3.45. The molecule has 0 aliphatic heterocycles. The molecule has 0 aromatic heterocycles. The van der Waals surface area contributed by atoms with E-state index in [4.69, 9.17) is 11.6 Å². The largest absolute Gasteiger partial charge is 0.352 e. The Labute approximate surface area is 124 Å². The summed E-state index contributed by atoms with van der Waals surface area (Å²) in [4.78, 5) is 11.9. The van der Waals surface area contributed by atoms with Crippen LogP contribution in [0.5, 0.6) is 0 Å². The first-order valence-corrected chi connectivity index (χ1v) is 7.30. The quantitative estimate of drug-likeness (QED) is 0.636. The monoisotopic (exact) mass is 287 g/mol. The van der Waals surface area contributed by atoms with Crippen LogP contribution >= 0.6 is 11.6 Å². The van der Waals surface area contributed by atoms with Crippen LogP contribution in [0.2, 0.25) is 0 Å². The van der Waals surface area contributed by atoms with Gasteiger partial charge in [-0.1, -0.05) is 42.5 Å². The van der Waals surface area contributed by atoms with Crippen molar-refractivity contribution in [1.29, 1.82) is 0 Å². The first kappa shape index (κ1) is 14.6. The second-order valence-corrected chi connectivity index (χ2v) is 4.94. The molecule has 0 saturated carbocycles. The summed E-state index contributed by atoms with van der Waals surface area (Å²) in [6.07, 6.45) is 1.92. The number of amides is 1. The molecule has 0 unspecified atom stereocenters. The van der Waals surface area contributed by atoms with Crippen molar-refractivity contribution in [3.8, 4) is 0 Å². The summed E-state index contributed by atoms with van der Waals surface area (Å²) in [5.41, 5.74) is 3.00. The summed E-state index contributed by atoms with van der Waals surface area (Å²) < 4.78 is 0. The molecule has 0 bridgehead atoms. The molecule has 0 heterocycles. The molecule has 0 aliphatic carbocycles. The fourth-order valence-electron chi connectivity index (χ4n) is 1.99. The minimum Gasteiger partial charge on any atom is -0.352 e. The van der Waals surface area contributed by atoms with Crippen LogP contribution in [0.1, 0.15) is 27.9 Å². The molecule has 0 saturated heterocycles. The van der Waals surface area contributed by atoms with Gasteiger partial charge in [-0.25, -0.2) is 0 Å². The SMILES string of the molecule is O=C(NCCCc1ccccc1)c1ccc(CCl)cc1. The van der Waals surface area contributed by atoms with Gasteiger partial charge in [0.1, 0.15) is 0 Å². The Morgan fingerprint density at radius 1 is 0.950 bits per heavy atom. The van der Waals surface area contributed by atoms with Crippen LogP contribution in [0.15, 0.2) is 54.6 Å². The Morgan fingerprint density at radius 2 is 1.65 bits per heavy atom. The second kappa shape index (κ2) is 7.71. The van der Waals surface area contributed by atoms with Crippen molar-refractivity contribution in [2.45, 2.75) is 18.7 Å². The van der Waals surface area contributed by atoms with Crippen molar-refractivity contribution in [1.82, 2.24) is 5.32 Å². The topological polar surface area (TPSA) is 29.1 Å². The summed E-state index contributed by atoms with van der Waals surface area (Å²) >= 11 is 5.72. The number of nitrogens with one attached hydrogen (secondary N) is 1. The molecular weight excluding hydrogens is 270 g/mol. The number of rotatable bonds is 6. The predicted octanol–water partition coefficient (Wildman–Crippen LogP) is 3.79. The van der Waals surface area contributed by atoms with Crippen molar-refractivity contribution in [2.24, 2.45) is 0 Å². The molecule has 0 radical (unpaired) electrons. The molecule has 0 fully saturated rings. The summed E-state index contributed by atoms with van der Waals surface area (Å²) in [7, 11) is 0. The molecular formula is C17H18ClNO. The standard InChI is InChI=1S/C17H18ClNO/c18-13-15-8-10-16(11-9-15)17(20)19-12-4-7-14-5-2-1-3-6-14/h1-3,5-6,8-11H,4,7,12-13H2,(H,19,20). The van der Waals surface area contributed by atoms with Gasteiger partial charge in [0.25, 0.3) is 5.91 Å². The summed E-state index contributed by atoms with van der Waals surface area (Å²) in [6.45, 7) is 0.686. The molecule has 0 atom stereocenters. The highest BCUT2D eigenvalue weighted by atomic mass is 35.5. The van der Waals surface area contributed by atoms with Crippen LogP contribution in [-0.2, 0) is 12.3 Å². The molecule has 2 aromatic carbocycles. The van der Waals surface area contributed by atoms with Gasteiger partial charge in [-0.2, -0.15) is 0 Å². The van der Waals surface area contributed by atoms with E-state index in [9.17, 15) is 4.79 Å². The molecule has 104 valence electrons. The van der Waals surface area contributed by atoms with E-state index in [-0.39, 0.29) is 5.91 Å². The van der Waals surface area contributed by atoms with E-state index >= 15 is 0 Å². The van der Waals surface area contributed by atoms with E-state index < -0.39 is 0 Å². The minimum atomic E-state index is -0.0285. The van der Waals surface area contributed by atoms with Gasteiger partial charge < -0.3 is 5.32 Å². The van der Waals surface area contributed by atoms with E-state index in [2.05, 4.69) is 17.4 Å². The lowest BCUT2D eigenvalue weighted by Gasteiger charge is -2.06. The van der Waals surface area contributed by atoms with E-state index in [1.54, 1.807) is 0 Å². The van der Waals surface area contributed by atoms with Crippen LogP contribution in [0.4, 0.5) is 0 Å². The maximum absolute atomic E-state index is 11.9. The number of benzene rings is 2. The highest BCUT2D eigenvalue weighted by Crippen LogP contribution is 2.07. The Hall–Kier alpha value is -1.80. The number of hydrogen-bond donors (Lipinski definition) is 1. The van der Waals surface area contributed by atoms with Crippen molar-refractivity contribution >= 4 is 17.5 Å². The molecule has 20 heavy (non-hydrogen) atoms. The van der Waals surface area contributed by atoms with E-state index in [1.165, 1.54) is 5.56 Å². The van der Waals surface area contributed by atoms with Crippen LogP contribution in [0.25, 0.3) is 0 Å². The molecule has 0 spiro atoms. The average molecular weight is 288 g/mol. The first-order valence-electron chi connectivity index (χ1n) is 6.76. The number of halogens is 1. The summed E-state index contributed by atoms with van der Waals surface area (Å²) in [6, 6.07) is 17.7. The number of alkyl halides is 1. The van der Waals surface area contributed by atoms with Crippen LogP contribution in [0, 0.1) is 0 Å². The summed E-state index contributed by atoms with van der Waals surface area (Å²) in [5, 5.41) is 2.93. The van der Waals surface area contributed by atoms with Crippen LogP contribution in [0.3, 0.4) is 0 Å². The predicted molar refractivity (Wildman–Crippen MR) is 83.1 cm³/mol. The zero-order chi connectivity index (χ0) is 14.2. The van der Waals surface area contributed by atoms with Crippen molar-refractivity contribution in [3.63, 3.8) is 0 Å². The Balaban J connectivity index is 1.74. The van der Waals surface area contributed by atoms with E-state index in [0.717, 1.165) is 18.4 Å². The van der Waals surface area contributed by atoms with Gasteiger partial charge in [0.2, 0.25) is 0 Å². The Bertz CT molecular complexity index is 537. The number of carbonyl (C=O) groups excluding carboxylic acids is 1. The van der Waals surface area contributed by atoms with Gasteiger partial charge in [-0.05, 0) is 36.1 Å². The second-order valence-electron chi connectivity index (χ2n) is 4.68. The highest BCUT2D eigenvalue weighted by Gasteiger charge is 2.04. The lowest BCUT2D eigenvalue weighted by atomic mass is 10.1. The normalized spacial score (nSPS) is 10.2. The first-order chi connectivity index (χ1) is 9.79. The van der Waals surface area contributed by atoms with Gasteiger partial charge >= 0.3 is 0 Å². The number of aryl methyl sites for hydroxylation is 1.